The standard InChI is InChI=1S/C19H39N3O4S/c20-10-6-1-2-7-17-27(23,24)22(12-11-21-13-15-25-16-14-21)26-18-19-8-4-3-5-9-19/h19H,1-18,20H2. The molecule has 27 heavy (non-hydrogen) atoms. The van der Waals surface area contributed by atoms with E-state index in [0.717, 1.165) is 58.4 Å². The highest BCUT2D eigenvalue weighted by atomic mass is 32.2. The second kappa shape index (κ2) is 13.1. The summed E-state index contributed by atoms with van der Waals surface area (Å²) in [4.78, 5) is 8.13. The molecule has 0 atom stereocenters. The van der Waals surface area contributed by atoms with Crippen LogP contribution in [0.25, 0.3) is 0 Å². The fourth-order valence-corrected chi connectivity index (χ4v) is 5.11. The van der Waals surface area contributed by atoms with E-state index in [2.05, 4.69) is 4.90 Å². The van der Waals surface area contributed by atoms with E-state index in [4.69, 9.17) is 15.3 Å². The minimum absolute atomic E-state index is 0.158. The summed E-state index contributed by atoms with van der Waals surface area (Å²) < 4.78 is 32.3. The zero-order valence-electron chi connectivity index (χ0n) is 16.8. The zero-order chi connectivity index (χ0) is 19.4. The Balaban J connectivity index is 1.83. The Morgan fingerprint density at radius 2 is 1.74 bits per heavy atom. The van der Waals surface area contributed by atoms with Gasteiger partial charge in [-0.1, -0.05) is 36.6 Å². The van der Waals surface area contributed by atoms with Crippen molar-refractivity contribution in [2.45, 2.75) is 57.8 Å². The summed E-state index contributed by atoms with van der Waals surface area (Å²) in [5.41, 5.74) is 5.51. The number of unbranched alkanes of at least 4 members (excludes halogenated alkanes) is 3. The maximum atomic E-state index is 12.8. The van der Waals surface area contributed by atoms with Crippen LogP contribution in [0.15, 0.2) is 0 Å². The van der Waals surface area contributed by atoms with Gasteiger partial charge in [0.2, 0.25) is 10.0 Å². The first-order valence-corrected chi connectivity index (χ1v) is 12.4. The number of morpholine rings is 1. The molecule has 0 unspecified atom stereocenters. The van der Waals surface area contributed by atoms with Gasteiger partial charge in [0.25, 0.3) is 0 Å². The fraction of sp³-hybridized carbons (Fsp3) is 1.00. The number of nitrogens with two attached hydrogens (primary N) is 1. The molecule has 160 valence electrons. The van der Waals surface area contributed by atoms with Crippen molar-refractivity contribution in [1.29, 1.82) is 0 Å². The van der Waals surface area contributed by atoms with Crippen LogP contribution in [0.4, 0.5) is 0 Å². The highest BCUT2D eigenvalue weighted by molar-refractivity contribution is 7.88. The highest BCUT2D eigenvalue weighted by Crippen LogP contribution is 2.24. The van der Waals surface area contributed by atoms with Gasteiger partial charge in [-0.15, -0.1) is 0 Å². The normalized spacial score (nSPS) is 20.4. The smallest absolute Gasteiger partial charge is 0.236 e. The largest absolute Gasteiger partial charge is 0.379 e. The highest BCUT2D eigenvalue weighted by Gasteiger charge is 2.25. The first-order valence-electron chi connectivity index (χ1n) is 10.8. The average molecular weight is 406 g/mol. The Bertz CT molecular complexity index is 455. The van der Waals surface area contributed by atoms with Gasteiger partial charge in [-0.2, -0.15) is 0 Å². The molecular formula is C19H39N3O4S. The van der Waals surface area contributed by atoms with Crippen LogP contribution in [0.1, 0.15) is 57.8 Å². The Kier molecular flexibility index (Phi) is 11.1. The van der Waals surface area contributed by atoms with Gasteiger partial charge in [-0.25, -0.2) is 8.42 Å². The number of rotatable bonds is 13. The van der Waals surface area contributed by atoms with Gasteiger partial charge in [-0.05, 0) is 38.1 Å². The van der Waals surface area contributed by atoms with E-state index in [1.54, 1.807) is 0 Å². The van der Waals surface area contributed by atoms with Crippen LogP contribution in [0, 0.1) is 5.92 Å². The van der Waals surface area contributed by atoms with E-state index in [9.17, 15) is 8.42 Å². The Hall–Kier alpha value is -0.250. The molecule has 1 saturated carbocycles. The summed E-state index contributed by atoms with van der Waals surface area (Å²) >= 11 is 0. The second-order valence-corrected chi connectivity index (χ2v) is 9.78. The quantitative estimate of drug-likeness (QED) is 0.373. The molecule has 0 spiro atoms. The van der Waals surface area contributed by atoms with Gasteiger partial charge in [0, 0.05) is 19.6 Å². The number of hydroxylamine groups is 1. The summed E-state index contributed by atoms with van der Waals surface area (Å²) in [7, 11) is -3.39. The first kappa shape index (κ1) is 23.0. The van der Waals surface area contributed by atoms with Gasteiger partial charge in [0.1, 0.15) is 0 Å². The maximum Gasteiger partial charge on any atom is 0.236 e. The number of sulfonamides is 1. The minimum Gasteiger partial charge on any atom is -0.379 e. The van der Waals surface area contributed by atoms with E-state index < -0.39 is 10.0 Å². The van der Waals surface area contributed by atoms with Gasteiger partial charge >= 0.3 is 0 Å². The summed E-state index contributed by atoms with van der Waals surface area (Å²) in [6, 6.07) is 0. The number of hydrogen-bond donors (Lipinski definition) is 1. The molecule has 1 saturated heterocycles. The van der Waals surface area contributed by atoms with Crippen molar-refractivity contribution in [3.05, 3.63) is 0 Å². The predicted octanol–water partition coefficient (Wildman–Crippen LogP) is 1.98. The zero-order valence-corrected chi connectivity index (χ0v) is 17.6. The topological polar surface area (TPSA) is 85.1 Å². The molecule has 2 aliphatic rings. The molecule has 8 heteroatoms. The second-order valence-electron chi connectivity index (χ2n) is 7.80. The molecule has 2 N–H and O–H groups in total. The lowest BCUT2D eigenvalue weighted by atomic mass is 9.90. The predicted molar refractivity (Wildman–Crippen MR) is 108 cm³/mol. The van der Waals surface area contributed by atoms with E-state index in [1.165, 1.54) is 23.7 Å². The monoisotopic (exact) mass is 405 g/mol. The van der Waals surface area contributed by atoms with E-state index in [1.807, 2.05) is 0 Å². The van der Waals surface area contributed by atoms with Crippen LogP contribution >= 0.6 is 0 Å². The molecule has 1 aliphatic carbocycles. The van der Waals surface area contributed by atoms with E-state index >= 15 is 0 Å². The van der Waals surface area contributed by atoms with E-state index in [0.29, 0.717) is 38.6 Å². The van der Waals surface area contributed by atoms with Crippen molar-refractivity contribution in [3.63, 3.8) is 0 Å². The minimum atomic E-state index is -3.39. The SMILES string of the molecule is NCCCCCCS(=O)(=O)N(CCN1CCOCC1)OCC1CCCCC1. The van der Waals surface area contributed by atoms with Gasteiger partial charge in [-0.3, -0.25) is 9.74 Å². The number of nitrogens with zero attached hydrogens (tertiary/aromatic N) is 2. The lowest BCUT2D eigenvalue weighted by Crippen LogP contribution is -2.44. The third kappa shape index (κ3) is 9.19. The van der Waals surface area contributed by atoms with Crippen molar-refractivity contribution >= 4 is 10.0 Å². The lowest BCUT2D eigenvalue weighted by molar-refractivity contribution is -0.107. The Labute approximate surface area is 165 Å². The molecule has 2 rings (SSSR count). The van der Waals surface area contributed by atoms with Crippen LogP contribution in [-0.4, -0.2) is 76.1 Å². The molecule has 0 amide bonds. The average Bonchev–Trinajstić information content (AvgIpc) is 2.69. The number of ether oxygens (including phenoxy) is 1. The molecule has 2 fully saturated rings. The number of hydrogen-bond acceptors (Lipinski definition) is 6. The summed E-state index contributed by atoms with van der Waals surface area (Å²) in [5, 5.41) is 0. The summed E-state index contributed by atoms with van der Waals surface area (Å²) in [6.45, 7) is 5.44. The van der Waals surface area contributed by atoms with Gasteiger partial charge in [0.15, 0.2) is 0 Å². The van der Waals surface area contributed by atoms with Crippen molar-refractivity contribution < 1.29 is 18.0 Å². The van der Waals surface area contributed by atoms with Crippen molar-refractivity contribution in [2.24, 2.45) is 11.7 Å². The summed E-state index contributed by atoms with van der Waals surface area (Å²) in [6.07, 6.45) is 9.57. The van der Waals surface area contributed by atoms with Crippen LogP contribution in [0.5, 0.6) is 0 Å². The van der Waals surface area contributed by atoms with Gasteiger partial charge < -0.3 is 10.5 Å². The first-order chi connectivity index (χ1) is 13.1. The van der Waals surface area contributed by atoms with Crippen LogP contribution in [0.2, 0.25) is 0 Å². The molecule has 0 aromatic carbocycles. The van der Waals surface area contributed by atoms with Crippen LogP contribution < -0.4 is 5.73 Å². The maximum absolute atomic E-state index is 12.8. The molecule has 0 aromatic rings. The van der Waals surface area contributed by atoms with Crippen molar-refractivity contribution in [3.8, 4) is 0 Å². The molecule has 1 aliphatic heterocycles. The van der Waals surface area contributed by atoms with Crippen LogP contribution in [0.3, 0.4) is 0 Å². The van der Waals surface area contributed by atoms with Crippen LogP contribution in [-0.2, 0) is 19.6 Å². The Morgan fingerprint density at radius 3 is 2.44 bits per heavy atom. The molecule has 1 heterocycles. The third-order valence-electron chi connectivity index (χ3n) is 5.55. The summed E-state index contributed by atoms with van der Waals surface area (Å²) in [5.74, 6) is 0.648. The van der Waals surface area contributed by atoms with Crippen molar-refractivity contribution in [2.75, 3.05) is 58.3 Å². The molecule has 0 bridgehead atoms. The molecule has 7 nitrogen and oxygen atoms in total. The van der Waals surface area contributed by atoms with E-state index in [-0.39, 0.29) is 5.75 Å². The molecule has 0 aromatic heterocycles. The van der Waals surface area contributed by atoms with Crippen molar-refractivity contribution in [1.82, 2.24) is 9.37 Å². The molecule has 0 radical (unpaired) electrons. The third-order valence-corrected chi connectivity index (χ3v) is 7.26. The lowest BCUT2D eigenvalue weighted by Gasteiger charge is -2.30. The molecular weight excluding hydrogens is 366 g/mol. The fourth-order valence-electron chi connectivity index (χ4n) is 3.76. The van der Waals surface area contributed by atoms with Gasteiger partial charge in [0.05, 0.1) is 32.1 Å². The Morgan fingerprint density at radius 1 is 1.04 bits per heavy atom.